The number of allylic oxidation sites excluding steroid dienone is 14. The molecule has 69 heavy (non-hydrogen) atoms. The molecule has 0 aliphatic carbocycles. The quantitative estimate of drug-likeness (QED) is 0.0262. The Labute approximate surface area is 426 Å². The summed E-state index contributed by atoms with van der Waals surface area (Å²) in [6.45, 7) is 6.40. The Kier molecular flexibility index (Phi) is 54.3. The Bertz CT molecular complexity index is 1330. The van der Waals surface area contributed by atoms with E-state index in [1.54, 1.807) is 0 Å². The van der Waals surface area contributed by atoms with Crippen LogP contribution in [0, 0.1) is 0 Å². The molecule has 0 saturated heterocycles. The van der Waals surface area contributed by atoms with Crippen LogP contribution in [0.4, 0.5) is 0 Å². The molecule has 396 valence electrons. The lowest BCUT2D eigenvalue weighted by atomic mass is 10.0. The maximum atomic E-state index is 12.9. The van der Waals surface area contributed by atoms with Crippen molar-refractivity contribution in [3.05, 3.63) is 85.1 Å². The van der Waals surface area contributed by atoms with Crippen LogP contribution in [0.3, 0.4) is 0 Å². The highest BCUT2D eigenvalue weighted by Crippen LogP contribution is 2.16. The highest BCUT2D eigenvalue weighted by atomic mass is 16.6. The fourth-order valence-electron chi connectivity index (χ4n) is 8.10. The van der Waals surface area contributed by atoms with Crippen molar-refractivity contribution in [2.75, 3.05) is 13.2 Å². The third-order valence-corrected chi connectivity index (χ3v) is 12.4. The number of carbonyl (C=O) groups excluding carboxylic acids is 3. The van der Waals surface area contributed by atoms with Gasteiger partial charge in [0.15, 0.2) is 6.10 Å². The van der Waals surface area contributed by atoms with Crippen LogP contribution in [0.15, 0.2) is 85.1 Å². The van der Waals surface area contributed by atoms with Gasteiger partial charge < -0.3 is 14.2 Å². The number of hydrogen-bond acceptors (Lipinski definition) is 6. The standard InChI is InChI=1S/C63H108O6/c1-4-7-10-13-16-19-22-25-28-30-31-33-35-38-41-44-47-50-53-56-62(65)68-59-60(58-67-61(64)55-52-49-46-43-40-37-34-27-24-21-18-15-12-9-6-3)69-63(66)57-54-51-48-45-42-39-36-32-29-26-23-20-17-14-11-8-5-2/h8-9,11-12,17-18,20-21,26-27,29,34,40,43,60H,4-7,10,13-16,19,22-25,28,30-33,35-39,41-42,44-59H2,1-3H3/b11-8-,12-9-,20-17-,21-18-,29-26-,34-27-,43-40-. The molecule has 6 heteroatoms. The third kappa shape index (κ3) is 55.4. The van der Waals surface area contributed by atoms with E-state index in [1.165, 1.54) is 128 Å². The molecule has 0 saturated carbocycles. The van der Waals surface area contributed by atoms with Crippen LogP contribution in [0.25, 0.3) is 0 Å². The van der Waals surface area contributed by atoms with Crippen LogP contribution in [0.5, 0.6) is 0 Å². The summed E-state index contributed by atoms with van der Waals surface area (Å²) >= 11 is 0. The molecule has 0 heterocycles. The maximum absolute atomic E-state index is 12.9. The van der Waals surface area contributed by atoms with Crippen molar-refractivity contribution in [3.63, 3.8) is 0 Å². The van der Waals surface area contributed by atoms with Gasteiger partial charge in [-0.2, -0.15) is 0 Å². The molecule has 1 unspecified atom stereocenters. The Morgan fingerprint density at radius 2 is 0.565 bits per heavy atom. The molecule has 0 aliphatic rings. The van der Waals surface area contributed by atoms with Gasteiger partial charge in [0.25, 0.3) is 0 Å². The topological polar surface area (TPSA) is 78.9 Å². The first-order chi connectivity index (χ1) is 34.0. The first kappa shape index (κ1) is 65.6. The molecule has 0 aromatic carbocycles. The van der Waals surface area contributed by atoms with Gasteiger partial charge in [-0.25, -0.2) is 0 Å². The zero-order chi connectivity index (χ0) is 50.0. The van der Waals surface area contributed by atoms with Crippen molar-refractivity contribution < 1.29 is 28.6 Å². The number of rotatable bonds is 52. The smallest absolute Gasteiger partial charge is 0.306 e. The normalized spacial score (nSPS) is 12.7. The van der Waals surface area contributed by atoms with Crippen molar-refractivity contribution in [1.29, 1.82) is 0 Å². The van der Waals surface area contributed by atoms with Crippen LogP contribution >= 0.6 is 0 Å². The number of ether oxygens (including phenoxy) is 3. The molecule has 0 bridgehead atoms. The lowest BCUT2D eigenvalue weighted by Gasteiger charge is -2.18. The second-order valence-electron chi connectivity index (χ2n) is 19.1. The van der Waals surface area contributed by atoms with Crippen LogP contribution < -0.4 is 0 Å². The predicted molar refractivity (Wildman–Crippen MR) is 297 cm³/mol. The van der Waals surface area contributed by atoms with Crippen molar-refractivity contribution >= 4 is 17.9 Å². The summed E-state index contributed by atoms with van der Waals surface area (Å²) in [5, 5.41) is 0. The van der Waals surface area contributed by atoms with Crippen molar-refractivity contribution in [2.45, 2.75) is 284 Å². The summed E-state index contributed by atoms with van der Waals surface area (Å²) in [6, 6.07) is 0. The number of unbranched alkanes of at least 4 members (excludes halogenated alkanes) is 27. The molecule has 0 spiro atoms. The fraction of sp³-hybridized carbons (Fsp3) is 0.730. The SMILES string of the molecule is CC/C=C\C/C=C\C/C=C\C/C=C\CCCCC(=O)OCC(COC(=O)CCCCCCCCCCCCCCCCCCCCC)OC(=O)CCCCCCCCC/C=C\C/C=C\C/C=C\CC. The molecule has 0 amide bonds. The Hall–Kier alpha value is -3.41. The van der Waals surface area contributed by atoms with Gasteiger partial charge in [0.1, 0.15) is 13.2 Å². The van der Waals surface area contributed by atoms with E-state index in [2.05, 4.69) is 106 Å². The van der Waals surface area contributed by atoms with E-state index in [0.717, 1.165) is 109 Å². The molecular weight excluding hydrogens is 853 g/mol. The van der Waals surface area contributed by atoms with Crippen molar-refractivity contribution in [3.8, 4) is 0 Å². The van der Waals surface area contributed by atoms with E-state index >= 15 is 0 Å². The van der Waals surface area contributed by atoms with E-state index in [1.807, 2.05) is 0 Å². The van der Waals surface area contributed by atoms with Gasteiger partial charge in [-0.3, -0.25) is 14.4 Å². The van der Waals surface area contributed by atoms with E-state index < -0.39 is 6.10 Å². The largest absolute Gasteiger partial charge is 0.462 e. The third-order valence-electron chi connectivity index (χ3n) is 12.4. The average Bonchev–Trinajstić information content (AvgIpc) is 3.35. The lowest BCUT2D eigenvalue weighted by Crippen LogP contribution is -2.30. The second kappa shape index (κ2) is 57.2. The molecule has 0 rings (SSSR count). The minimum atomic E-state index is -0.798. The van der Waals surface area contributed by atoms with Gasteiger partial charge in [-0.1, -0.05) is 254 Å². The van der Waals surface area contributed by atoms with Crippen molar-refractivity contribution in [2.24, 2.45) is 0 Å². The van der Waals surface area contributed by atoms with Gasteiger partial charge in [-0.15, -0.1) is 0 Å². The van der Waals surface area contributed by atoms with Gasteiger partial charge in [0.2, 0.25) is 0 Å². The number of carbonyl (C=O) groups is 3. The van der Waals surface area contributed by atoms with E-state index in [9.17, 15) is 14.4 Å². The first-order valence-corrected chi connectivity index (χ1v) is 29.1. The van der Waals surface area contributed by atoms with E-state index in [-0.39, 0.29) is 31.1 Å². The zero-order valence-corrected chi connectivity index (χ0v) is 45.3. The molecule has 0 fully saturated rings. The summed E-state index contributed by atoms with van der Waals surface area (Å²) in [5.41, 5.74) is 0. The van der Waals surface area contributed by atoms with Crippen LogP contribution in [0.1, 0.15) is 278 Å². The van der Waals surface area contributed by atoms with Gasteiger partial charge in [0.05, 0.1) is 0 Å². The highest BCUT2D eigenvalue weighted by Gasteiger charge is 2.19. The van der Waals surface area contributed by atoms with Crippen LogP contribution in [-0.4, -0.2) is 37.2 Å². The highest BCUT2D eigenvalue weighted by molar-refractivity contribution is 5.71. The predicted octanol–water partition coefficient (Wildman–Crippen LogP) is 19.5. The molecule has 1 atom stereocenters. The molecule has 0 N–H and O–H groups in total. The summed E-state index contributed by atoms with van der Waals surface area (Å²) in [4.78, 5) is 38.2. The summed E-state index contributed by atoms with van der Waals surface area (Å²) in [5.74, 6) is -0.937. The lowest BCUT2D eigenvalue weighted by molar-refractivity contribution is -0.167. The minimum absolute atomic E-state index is 0.0919. The van der Waals surface area contributed by atoms with Gasteiger partial charge in [0, 0.05) is 19.3 Å². The Balaban J connectivity index is 4.42. The van der Waals surface area contributed by atoms with Gasteiger partial charge >= 0.3 is 17.9 Å². The fourth-order valence-corrected chi connectivity index (χ4v) is 8.10. The summed E-state index contributed by atoms with van der Waals surface area (Å²) < 4.78 is 16.8. The second-order valence-corrected chi connectivity index (χ2v) is 19.1. The van der Waals surface area contributed by atoms with E-state index in [0.29, 0.717) is 19.3 Å². The van der Waals surface area contributed by atoms with Crippen LogP contribution in [0.2, 0.25) is 0 Å². The molecule has 0 radical (unpaired) electrons. The monoisotopic (exact) mass is 961 g/mol. The summed E-state index contributed by atoms with van der Waals surface area (Å²) in [7, 11) is 0. The van der Waals surface area contributed by atoms with Gasteiger partial charge in [-0.05, 0) is 89.9 Å². The first-order valence-electron chi connectivity index (χ1n) is 29.1. The molecule has 0 aromatic heterocycles. The molecular formula is C63H108O6. The number of esters is 3. The van der Waals surface area contributed by atoms with Crippen LogP contribution in [-0.2, 0) is 28.6 Å². The molecule has 0 aliphatic heterocycles. The van der Waals surface area contributed by atoms with Crippen molar-refractivity contribution in [1.82, 2.24) is 0 Å². The molecule has 0 aromatic rings. The Morgan fingerprint density at radius 1 is 0.304 bits per heavy atom. The maximum Gasteiger partial charge on any atom is 0.306 e. The van der Waals surface area contributed by atoms with E-state index in [4.69, 9.17) is 14.2 Å². The average molecular weight is 962 g/mol. The zero-order valence-electron chi connectivity index (χ0n) is 45.3. The number of hydrogen-bond donors (Lipinski definition) is 0. The molecule has 6 nitrogen and oxygen atoms in total. The Morgan fingerprint density at radius 3 is 0.913 bits per heavy atom. The summed E-state index contributed by atoms with van der Waals surface area (Å²) in [6.07, 6.45) is 74.4. The minimum Gasteiger partial charge on any atom is -0.462 e.